The first-order valence-electron chi connectivity index (χ1n) is 10.3. The summed E-state index contributed by atoms with van der Waals surface area (Å²) in [5, 5.41) is 3.14. The Hall–Kier alpha value is -0.870. The van der Waals surface area contributed by atoms with Gasteiger partial charge in [-0.3, -0.25) is 9.69 Å². The molecule has 25 heavy (non-hydrogen) atoms. The summed E-state index contributed by atoms with van der Waals surface area (Å²) in [4.78, 5) is 14.9. The molecule has 1 heterocycles. The second kappa shape index (κ2) is 7.03. The summed E-state index contributed by atoms with van der Waals surface area (Å²) < 4.78 is 5.41. The standard InChI is InChI=1S/C21H34N2O2/c1-15(21-11-17-8-18(12-21)10-19(9-17)13-21)7-20(24)22-14-16(2)23-3-5-25-6-4-23/h7,16-19H,3-6,8-14H2,1-2H3,(H,22,24)/b15-7+/t16-,17?,18?,19?,21?/m1/s1. The zero-order chi connectivity index (χ0) is 17.4. The first-order chi connectivity index (χ1) is 12.0. The van der Waals surface area contributed by atoms with Crippen LogP contribution in [-0.4, -0.2) is 49.7 Å². The number of carbonyl (C=O) groups excluding carboxylic acids is 1. The van der Waals surface area contributed by atoms with Crippen molar-refractivity contribution in [3.05, 3.63) is 11.6 Å². The third-order valence-electron chi connectivity index (χ3n) is 7.46. The number of carbonyl (C=O) groups is 1. The number of nitrogens with zero attached hydrogens (tertiary/aromatic N) is 1. The minimum atomic E-state index is 0.105. The van der Waals surface area contributed by atoms with Gasteiger partial charge in [0, 0.05) is 31.8 Å². The monoisotopic (exact) mass is 346 g/mol. The molecule has 0 unspecified atom stereocenters. The van der Waals surface area contributed by atoms with Crippen molar-refractivity contribution in [1.29, 1.82) is 0 Å². The van der Waals surface area contributed by atoms with Crippen LogP contribution in [0.3, 0.4) is 0 Å². The molecular formula is C21H34N2O2. The average molecular weight is 347 g/mol. The Kier molecular flexibility index (Phi) is 4.93. The molecule has 1 saturated heterocycles. The first-order valence-corrected chi connectivity index (χ1v) is 10.3. The minimum absolute atomic E-state index is 0.105. The molecular weight excluding hydrogens is 312 g/mol. The molecule has 0 aromatic heterocycles. The highest BCUT2D eigenvalue weighted by molar-refractivity contribution is 5.88. The van der Waals surface area contributed by atoms with Gasteiger partial charge in [-0.1, -0.05) is 5.57 Å². The lowest BCUT2D eigenvalue weighted by molar-refractivity contribution is -0.117. The van der Waals surface area contributed by atoms with Gasteiger partial charge in [-0.2, -0.15) is 0 Å². The topological polar surface area (TPSA) is 41.6 Å². The van der Waals surface area contributed by atoms with Crippen LogP contribution in [0.4, 0.5) is 0 Å². The quantitative estimate of drug-likeness (QED) is 0.778. The van der Waals surface area contributed by atoms with E-state index in [0.29, 0.717) is 11.5 Å². The Morgan fingerprint density at radius 1 is 1.16 bits per heavy atom. The number of amides is 1. The van der Waals surface area contributed by atoms with Crippen molar-refractivity contribution in [3.63, 3.8) is 0 Å². The first kappa shape index (κ1) is 17.5. The van der Waals surface area contributed by atoms with Crippen molar-refractivity contribution in [2.75, 3.05) is 32.8 Å². The normalized spacial score (nSPS) is 39.4. The van der Waals surface area contributed by atoms with E-state index in [9.17, 15) is 4.79 Å². The van der Waals surface area contributed by atoms with E-state index in [4.69, 9.17) is 4.74 Å². The van der Waals surface area contributed by atoms with Crippen LogP contribution in [0.5, 0.6) is 0 Å². The van der Waals surface area contributed by atoms with Gasteiger partial charge in [0.15, 0.2) is 0 Å². The molecule has 0 spiro atoms. The Balaban J connectivity index is 1.33. The largest absolute Gasteiger partial charge is 0.379 e. The molecule has 1 N–H and O–H groups in total. The fourth-order valence-corrected chi connectivity index (χ4v) is 6.39. The minimum Gasteiger partial charge on any atom is -0.379 e. The Morgan fingerprint density at radius 2 is 1.72 bits per heavy atom. The second-order valence-corrected chi connectivity index (χ2v) is 9.27. The summed E-state index contributed by atoms with van der Waals surface area (Å²) in [5.41, 5.74) is 1.70. The summed E-state index contributed by atoms with van der Waals surface area (Å²) in [5.74, 6) is 2.89. The fourth-order valence-electron chi connectivity index (χ4n) is 6.39. The Morgan fingerprint density at radius 3 is 2.28 bits per heavy atom. The smallest absolute Gasteiger partial charge is 0.243 e. The molecule has 4 aliphatic carbocycles. The molecule has 5 fully saturated rings. The number of allylic oxidation sites excluding steroid dienone is 1. The summed E-state index contributed by atoms with van der Waals surface area (Å²) in [7, 11) is 0. The van der Waals surface area contributed by atoms with E-state index in [2.05, 4.69) is 24.1 Å². The van der Waals surface area contributed by atoms with Gasteiger partial charge in [-0.25, -0.2) is 0 Å². The van der Waals surface area contributed by atoms with Gasteiger partial charge in [0.2, 0.25) is 5.91 Å². The summed E-state index contributed by atoms with van der Waals surface area (Å²) in [6.45, 7) is 8.70. The molecule has 4 heteroatoms. The predicted octanol–water partition coefficient (Wildman–Crippen LogP) is 2.99. The molecule has 0 aromatic carbocycles. The lowest BCUT2D eigenvalue weighted by atomic mass is 9.48. The highest BCUT2D eigenvalue weighted by atomic mass is 16.5. The van der Waals surface area contributed by atoms with Crippen LogP contribution in [0, 0.1) is 23.2 Å². The third kappa shape index (κ3) is 3.66. The molecule has 140 valence electrons. The molecule has 1 aliphatic heterocycles. The molecule has 4 saturated carbocycles. The molecule has 5 aliphatic rings. The average Bonchev–Trinajstić information content (AvgIpc) is 2.59. The van der Waals surface area contributed by atoms with E-state index in [-0.39, 0.29) is 5.91 Å². The Labute approximate surface area is 152 Å². The van der Waals surface area contributed by atoms with Crippen molar-refractivity contribution in [2.45, 2.75) is 58.4 Å². The highest BCUT2D eigenvalue weighted by Crippen LogP contribution is 2.62. The highest BCUT2D eigenvalue weighted by Gasteiger charge is 2.51. The maximum absolute atomic E-state index is 12.5. The van der Waals surface area contributed by atoms with Gasteiger partial charge in [0.1, 0.15) is 0 Å². The maximum atomic E-state index is 12.5. The lowest BCUT2D eigenvalue weighted by Crippen LogP contribution is -2.48. The zero-order valence-electron chi connectivity index (χ0n) is 15.9. The number of hydrogen-bond donors (Lipinski definition) is 1. The van der Waals surface area contributed by atoms with Gasteiger partial charge >= 0.3 is 0 Å². The molecule has 4 bridgehead atoms. The zero-order valence-corrected chi connectivity index (χ0v) is 15.9. The van der Waals surface area contributed by atoms with Crippen molar-refractivity contribution in [3.8, 4) is 0 Å². The molecule has 0 aromatic rings. The summed E-state index contributed by atoms with van der Waals surface area (Å²) >= 11 is 0. The van der Waals surface area contributed by atoms with Crippen LogP contribution in [0.25, 0.3) is 0 Å². The van der Waals surface area contributed by atoms with Gasteiger partial charge in [-0.05, 0) is 75.5 Å². The van der Waals surface area contributed by atoms with Crippen LogP contribution in [0.15, 0.2) is 11.6 Å². The van der Waals surface area contributed by atoms with Crippen molar-refractivity contribution < 1.29 is 9.53 Å². The van der Waals surface area contributed by atoms with Crippen LogP contribution in [0.1, 0.15) is 52.4 Å². The van der Waals surface area contributed by atoms with E-state index in [0.717, 1.165) is 50.6 Å². The predicted molar refractivity (Wildman–Crippen MR) is 99.2 cm³/mol. The number of morpholine rings is 1. The number of ether oxygens (including phenoxy) is 1. The Bertz CT molecular complexity index is 501. The summed E-state index contributed by atoms with van der Waals surface area (Å²) in [6.07, 6.45) is 10.3. The lowest BCUT2D eigenvalue weighted by Gasteiger charge is -2.57. The molecule has 1 amide bonds. The molecule has 0 radical (unpaired) electrons. The fraction of sp³-hybridized carbons (Fsp3) is 0.857. The van der Waals surface area contributed by atoms with E-state index < -0.39 is 0 Å². The van der Waals surface area contributed by atoms with Crippen molar-refractivity contribution in [2.24, 2.45) is 23.2 Å². The maximum Gasteiger partial charge on any atom is 0.243 e. The van der Waals surface area contributed by atoms with Gasteiger partial charge in [0.05, 0.1) is 13.2 Å². The number of rotatable bonds is 5. The van der Waals surface area contributed by atoms with Crippen LogP contribution in [-0.2, 0) is 9.53 Å². The van der Waals surface area contributed by atoms with E-state index >= 15 is 0 Å². The van der Waals surface area contributed by atoms with Gasteiger partial charge in [0.25, 0.3) is 0 Å². The van der Waals surface area contributed by atoms with E-state index in [1.165, 1.54) is 44.1 Å². The van der Waals surface area contributed by atoms with Gasteiger partial charge in [-0.15, -0.1) is 0 Å². The van der Waals surface area contributed by atoms with E-state index in [1.807, 2.05) is 6.08 Å². The van der Waals surface area contributed by atoms with Crippen molar-refractivity contribution >= 4 is 5.91 Å². The number of hydrogen-bond acceptors (Lipinski definition) is 3. The van der Waals surface area contributed by atoms with Crippen LogP contribution in [0.2, 0.25) is 0 Å². The SMILES string of the molecule is C/C(=C\C(=O)NC[C@@H](C)N1CCOCC1)C12CC3CC(CC(C3)C1)C2. The van der Waals surface area contributed by atoms with Gasteiger partial charge < -0.3 is 10.1 Å². The molecule has 5 rings (SSSR count). The van der Waals surface area contributed by atoms with Crippen LogP contribution < -0.4 is 5.32 Å². The second-order valence-electron chi connectivity index (χ2n) is 9.27. The third-order valence-corrected chi connectivity index (χ3v) is 7.46. The van der Waals surface area contributed by atoms with Crippen LogP contribution >= 0.6 is 0 Å². The molecule has 4 nitrogen and oxygen atoms in total. The summed E-state index contributed by atoms with van der Waals surface area (Å²) in [6, 6.07) is 0.376. The van der Waals surface area contributed by atoms with Crippen molar-refractivity contribution in [1.82, 2.24) is 10.2 Å². The number of nitrogens with one attached hydrogen (secondary N) is 1. The van der Waals surface area contributed by atoms with E-state index in [1.54, 1.807) is 0 Å². The molecule has 1 atom stereocenters.